The van der Waals surface area contributed by atoms with Crippen LogP contribution < -0.4 is 4.90 Å². The molecule has 0 aliphatic carbocycles. The van der Waals surface area contributed by atoms with E-state index in [4.69, 9.17) is 9.26 Å². The van der Waals surface area contributed by atoms with Gasteiger partial charge in [0.05, 0.1) is 25.1 Å². The van der Waals surface area contributed by atoms with Gasteiger partial charge in [-0.2, -0.15) is 0 Å². The minimum atomic E-state index is 0.130. The zero-order valence-corrected chi connectivity index (χ0v) is 15.6. The number of rotatable bonds is 3. The molecule has 2 aliphatic heterocycles. The Balaban J connectivity index is 1.51. The summed E-state index contributed by atoms with van der Waals surface area (Å²) >= 11 is 0. The van der Waals surface area contributed by atoms with Crippen molar-refractivity contribution in [2.45, 2.75) is 33.2 Å². The molecule has 0 aromatic carbocycles. The smallest absolute Gasteiger partial charge is 0.147 e. The number of aryl methyl sites for hydroxylation is 2. The molecule has 0 amide bonds. The van der Waals surface area contributed by atoms with E-state index in [2.05, 4.69) is 24.9 Å². The molecule has 0 radical (unpaired) electrons. The first-order valence-electron chi connectivity index (χ1n) is 9.38. The van der Waals surface area contributed by atoms with Crippen molar-refractivity contribution >= 4 is 5.82 Å². The Hall–Kier alpha value is -1.99. The van der Waals surface area contributed by atoms with Crippen LogP contribution in [-0.2, 0) is 11.3 Å². The first-order chi connectivity index (χ1) is 12.7. The molecule has 2 saturated heterocycles. The quantitative estimate of drug-likeness (QED) is 0.834. The lowest BCUT2D eigenvalue weighted by Crippen LogP contribution is -2.50. The van der Waals surface area contributed by atoms with Crippen LogP contribution in [-0.4, -0.2) is 59.4 Å². The SMILES string of the molecule is Cc1noc(C)c1CN1CCOCC2(CCCN(c3cnccn3)C2)C1. The van der Waals surface area contributed by atoms with Crippen molar-refractivity contribution in [3.8, 4) is 0 Å². The molecule has 4 rings (SSSR count). The van der Waals surface area contributed by atoms with Crippen LogP contribution in [0.1, 0.15) is 29.9 Å². The zero-order valence-electron chi connectivity index (χ0n) is 15.6. The van der Waals surface area contributed by atoms with E-state index in [9.17, 15) is 0 Å². The standard InChI is InChI=1S/C19H27N5O2/c1-15-17(16(2)26-22-15)11-23-8-9-25-14-19(12-23)4-3-7-24(13-19)18-10-20-5-6-21-18/h5-6,10H,3-4,7-9,11-14H2,1-2H3. The second-order valence-electron chi connectivity index (χ2n) is 7.65. The molecule has 2 aliphatic rings. The fourth-order valence-electron chi connectivity index (χ4n) is 4.27. The predicted molar refractivity (Wildman–Crippen MR) is 98.0 cm³/mol. The number of hydrogen-bond donors (Lipinski definition) is 0. The Morgan fingerprint density at radius 1 is 1.19 bits per heavy atom. The van der Waals surface area contributed by atoms with Gasteiger partial charge in [0.25, 0.3) is 0 Å². The second kappa shape index (κ2) is 7.32. The minimum Gasteiger partial charge on any atom is -0.379 e. The zero-order chi connectivity index (χ0) is 18.0. The van der Waals surface area contributed by atoms with Crippen molar-refractivity contribution < 1.29 is 9.26 Å². The second-order valence-corrected chi connectivity index (χ2v) is 7.65. The maximum absolute atomic E-state index is 6.04. The molecule has 26 heavy (non-hydrogen) atoms. The Morgan fingerprint density at radius 3 is 2.88 bits per heavy atom. The van der Waals surface area contributed by atoms with Crippen LogP contribution in [0.4, 0.5) is 5.82 Å². The number of piperidine rings is 1. The summed E-state index contributed by atoms with van der Waals surface area (Å²) in [7, 11) is 0. The van der Waals surface area contributed by atoms with Gasteiger partial charge in [-0.15, -0.1) is 0 Å². The van der Waals surface area contributed by atoms with E-state index in [1.165, 1.54) is 12.0 Å². The summed E-state index contributed by atoms with van der Waals surface area (Å²) in [6.07, 6.45) is 7.69. The number of hydrogen-bond acceptors (Lipinski definition) is 7. The summed E-state index contributed by atoms with van der Waals surface area (Å²) in [6.45, 7) is 10.4. The van der Waals surface area contributed by atoms with Crippen molar-refractivity contribution in [2.24, 2.45) is 5.41 Å². The number of aromatic nitrogens is 3. The monoisotopic (exact) mass is 357 g/mol. The van der Waals surface area contributed by atoms with Crippen molar-refractivity contribution in [1.82, 2.24) is 20.0 Å². The third kappa shape index (κ3) is 3.59. The summed E-state index contributed by atoms with van der Waals surface area (Å²) in [5, 5.41) is 4.10. The van der Waals surface area contributed by atoms with Gasteiger partial charge in [0.2, 0.25) is 0 Å². The molecule has 0 saturated carbocycles. The molecular formula is C19H27N5O2. The van der Waals surface area contributed by atoms with Gasteiger partial charge >= 0.3 is 0 Å². The summed E-state index contributed by atoms with van der Waals surface area (Å²) in [5.41, 5.74) is 2.33. The molecular weight excluding hydrogens is 330 g/mol. The van der Waals surface area contributed by atoms with E-state index in [0.29, 0.717) is 0 Å². The molecule has 2 fully saturated rings. The fourth-order valence-corrected chi connectivity index (χ4v) is 4.27. The highest BCUT2D eigenvalue weighted by Crippen LogP contribution is 2.35. The van der Waals surface area contributed by atoms with Crippen LogP contribution in [0.25, 0.3) is 0 Å². The van der Waals surface area contributed by atoms with Gasteiger partial charge in [0, 0.05) is 56.1 Å². The first kappa shape index (κ1) is 17.4. The largest absolute Gasteiger partial charge is 0.379 e. The molecule has 0 N–H and O–H groups in total. The van der Waals surface area contributed by atoms with Gasteiger partial charge in [0.15, 0.2) is 0 Å². The van der Waals surface area contributed by atoms with E-state index in [1.54, 1.807) is 12.4 Å². The minimum absolute atomic E-state index is 0.130. The Morgan fingerprint density at radius 2 is 2.12 bits per heavy atom. The summed E-state index contributed by atoms with van der Waals surface area (Å²) in [4.78, 5) is 13.6. The van der Waals surface area contributed by atoms with E-state index in [0.717, 1.165) is 69.6 Å². The highest BCUT2D eigenvalue weighted by molar-refractivity contribution is 5.36. The molecule has 4 heterocycles. The van der Waals surface area contributed by atoms with Crippen molar-refractivity contribution in [3.05, 3.63) is 35.6 Å². The molecule has 1 atom stereocenters. The third-order valence-electron chi connectivity index (χ3n) is 5.62. The van der Waals surface area contributed by atoms with Crippen molar-refractivity contribution in [2.75, 3.05) is 44.3 Å². The van der Waals surface area contributed by atoms with Crippen LogP contribution in [0.15, 0.2) is 23.1 Å². The molecule has 7 heteroatoms. The lowest BCUT2D eigenvalue weighted by Gasteiger charge is -2.44. The average Bonchev–Trinajstić information content (AvgIpc) is 2.86. The molecule has 1 unspecified atom stereocenters. The van der Waals surface area contributed by atoms with Gasteiger partial charge in [-0.25, -0.2) is 4.98 Å². The average molecular weight is 357 g/mol. The van der Waals surface area contributed by atoms with Gasteiger partial charge in [-0.1, -0.05) is 5.16 Å². The summed E-state index contributed by atoms with van der Waals surface area (Å²) in [5.74, 6) is 1.89. The van der Waals surface area contributed by atoms with E-state index < -0.39 is 0 Å². The maximum Gasteiger partial charge on any atom is 0.147 e. The number of ether oxygens (including phenoxy) is 1. The molecule has 0 bridgehead atoms. The van der Waals surface area contributed by atoms with Crippen LogP contribution in [0.2, 0.25) is 0 Å². The van der Waals surface area contributed by atoms with Crippen molar-refractivity contribution in [3.63, 3.8) is 0 Å². The molecule has 140 valence electrons. The van der Waals surface area contributed by atoms with Gasteiger partial charge in [-0.3, -0.25) is 9.88 Å². The Bertz CT molecular complexity index is 715. The number of anilines is 1. The van der Waals surface area contributed by atoms with E-state index >= 15 is 0 Å². The van der Waals surface area contributed by atoms with Gasteiger partial charge < -0.3 is 14.2 Å². The highest BCUT2D eigenvalue weighted by atomic mass is 16.5. The van der Waals surface area contributed by atoms with Crippen LogP contribution in [0.3, 0.4) is 0 Å². The summed E-state index contributed by atoms with van der Waals surface area (Å²) in [6, 6.07) is 0. The predicted octanol–water partition coefficient (Wildman–Crippen LogP) is 2.20. The first-order valence-corrected chi connectivity index (χ1v) is 9.38. The van der Waals surface area contributed by atoms with Gasteiger partial charge in [0.1, 0.15) is 11.6 Å². The normalized spacial score (nSPS) is 24.8. The topological polar surface area (TPSA) is 67.5 Å². The van der Waals surface area contributed by atoms with Gasteiger partial charge in [-0.05, 0) is 26.7 Å². The molecule has 2 aromatic rings. The van der Waals surface area contributed by atoms with Crippen LogP contribution >= 0.6 is 0 Å². The number of nitrogens with zero attached hydrogens (tertiary/aromatic N) is 5. The maximum atomic E-state index is 6.04. The lowest BCUT2D eigenvalue weighted by atomic mass is 9.80. The highest BCUT2D eigenvalue weighted by Gasteiger charge is 2.39. The van der Waals surface area contributed by atoms with E-state index in [1.807, 2.05) is 20.0 Å². The van der Waals surface area contributed by atoms with Crippen LogP contribution in [0.5, 0.6) is 0 Å². The summed E-state index contributed by atoms with van der Waals surface area (Å²) < 4.78 is 11.4. The van der Waals surface area contributed by atoms with Crippen LogP contribution in [0, 0.1) is 19.3 Å². The Kier molecular flexibility index (Phi) is 4.91. The third-order valence-corrected chi connectivity index (χ3v) is 5.62. The fraction of sp³-hybridized carbons (Fsp3) is 0.632. The molecule has 7 nitrogen and oxygen atoms in total. The molecule has 2 aromatic heterocycles. The molecule has 1 spiro atoms. The van der Waals surface area contributed by atoms with Crippen molar-refractivity contribution in [1.29, 1.82) is 0 Å². The van der Waals surface area contributed by atoms with E-state index in [-0.39, 0.29) is 5.41 Å². The lowest BCUT2D eigenvalue weighted by molar-refractivity contribution is 0.0555. The Labute approximate surface area is 154 Å².